The average molecular weight is 2010 g/mol. The van der Waals surface area contributed by atoms with Crippen LogP contribution in [0, 0.1) is 5.92 Å². The molecule has 0 fully saturated rings. The Labute approximate surface area is 838 Å². The Hall–Kier alpha value is -13.9. The first kappa shape index (κ1) is 101. The second-order valence-corrected chi connectivity index (χ2v) is 43.1. The molecule has 9 aliphatic carbocycles. The van der Waals surface area contributed by atoms with E-state index in [0.29, 0.717) is 6.42 Å². The van der Waals surface area contributed by atoms with Crippen molar-refractivity contribution in [2.75, 3.05) is 19.9 Å². The zero-order valence-electron chi connectivity index (χ0n) is 77.4. The Morgan fingerprint density at radius 1 is 0.343 bits per heavy atom. The molecule has 0 N–H and O–H groups in total. The van der Waals surface area contributed by atoms with E-state index in [1.165, 1.54) is 60.7 Å². The standard InChI is InChI=1S/C23H18F2.C23H17FO2.C21H19F3O5S.3C18H15S.FHO3S/c1-22(24,25)14-23-18-11-5-2-8-15(18)21(16-9-3-6-12-19(16)23)17-10-4-7-13-20(17)23;24-13-14-26-22(25)23-18-10-4-1-7-15(18)21(16-8-2-5-11-19(16)23)17-9-3-6-12-20(17)23;22-18(21(23,24)30(26,27)28)9-10-29-20(25)17-11-16-12-5-1-3-7-14(12)19(17)15-8-4-2-6-13(15)16;3*1-4-10-16(11-5-1)19(17-12-6-2-7-13-17)18-14-8-3-9-15-18;1-5(2,3)4/h2-13,21H,14H2,1H3;1-12,21H,13-14H2;1-8,16-19H,9-11H2,(H,26,27,28);3*1-15H;(H,2,3,4)/q;;;3*+1;/p-2. The molecule has 26 rings (SSSR count). The van der Waals surface area contributed by atoms with Crippen molar-refractivity contribution in [3.8, 4) is 0 Å². The highest BCUT2D eigenvalue weighted by molar-refractivity contribution is 7.97. The van der Waals surface area contributed by atoms with Gasteiger partial charge in [0.25, 0.3) is 10.5 Å². The Kier molecular flexibility index (Phi) is 31.4. The van der Waals surface area contributed by atoms with E-state index in [0.717, 1.165) is 79.2 Å². The third-order valence-corrected chi connectivity index (χ3v) is 33.8. The van der Waals surface area contributed by atoms with Crippen LogP contribution in [0.2, 0.25) is 0 Å². The van der Waals surface area contributed by atoms with Crippen molar-refractivity contribution in [1.82, 2.24) is 0 Å². The molecule has 0 saturated carbocycles. The van der Waals surface area contributed by atoms with E-state index in [1.807, 2.05) is 158 Å². The molecule has 143 heavy (non-hydrogen) atoms. The summed E-state index contributed by atoms with van der Waals surface area (Å²) in [6.45, 7) is -0.621. The van der Waals surface area contributed by atoms with Crippen LogP contribution in [0.4, 0.5) is 30.2 Å². The van der Waals surface area contributed by atoms with Gasteiger partial charge in [0.15, 0.2) is 60.3 Å². The molecule has 0 aliphatic heterocycles. The molecular weight excluding hydrogens is 1910 g/mol. The van der Waals surface area contributed by atoms with Gasteiger partial charge in [-0.25, -0.2) is 34.4 Å². The smallest absolute Gasteiger partial charge is 0.364 e. The van der Waals surface area contributed by atoms with Gasteiger partial charge in [-0.3, -0.25) is 9.59 Å². The van der Waals surface area contributed by atoms with Gasteiger partial charge in [0.2, 0.25) is 5.92 Å². The SMILES string of the molecule is CC(F)(F)CC12c3ccccc3C(c3ccccc31)c1ccccc12.O=C(OCCC(F)C(F)(F)S(=O)(=O)[O-])C1CC2c3ccccc3C1c1ccccc12.O=C(OCCF)C12c3ccccc3C(c3ccccc31)c1ccccc12.O=S(=O)([O-])F.c1ccc([S+](c2ccccc2)c2ccccc2)cc1.c1ccc([S+](c2ccccc2)c2ccccc2)cc1.c1ccc([S+](c2ccccc2)c2ccccc2)cc1. The lowest BCUT2D eigenvalue weighted by atomic mass is 9.51. The van der Waals surface area contributed by atoms with E-state index >= 15 is 0 Å². The fourth-order valence-electron chi connectivity index (χ4n) is 20.7. The molecule has 6 bridgehead atoms. The third kappa shape index (κ3) is 21.6. The lowest BCUT2D eigenvalue weighted by Gasteiger charge is -2.51. The topological polar surface area (TPSA) is 167 Å². The van der Waals surface area contributed by atoms with Gasteiger partial charge in [0, 0.05) is 36.5 Å². The van der Waals surface area contributed by atoms with Crippen LogP contribution in [0.5, 0.6) is 0 Å². The first-order valence-electron chi connectivity index (χ1n) is 46.6. The molecule has 0 saturated heterocycles. The number of rotatable bonds is 20. The molecule has 17 aromatic carbocycles. The molecule has 10 nitrogen and oxygen atoms in total. The normalized spacial score (nSPS) is 17.4. The van der Waals surface area contributed by atoms with Crippen molar-refractivity contribution in [3.63, 3.8) is 0 Å². The van der Waals surface area contributed by atoms with E-state index in [4.69, 9.17) is 22.4 Å². The first-order chi connectivity index (χ1) is 69.3. The predicted octanol–water partition coefficient (Wildman–Crippen LogP) is 27.7. The van der Waals surface area contributed by atoms with Crippen molar-refractivity contribution in [2.24, 2.45) is 5.92 Å². The molecular formula is C121H98F7O10S5+. The highest BCUT2D eigenvalue weighted by Crippen LogP contribution is 2.63. The minimum Gasteiger partial charge on any atom is -0.743 e. The van der Waals surface area contributed by atoms with Gasteiger partial charge in [0.05, 0.1) is 50.6 Å². The van der Waals surface area contributed by atoms with Crippen LogP contribution in [0.15, 0.2) is 511 Å². The van der Waals surface area contributed by atoms with Gasteiger partial charge in [-0.05, 0) is 212 Å². The van der Waals surface area contributed by atoms with E-state index in [1.54, 1.807) is 0 Å². The number of fused-ring (bicyclic) bond motifs is 1. The summed E-state index contributed by atoms with van der Waals surface area (Å²) >= 11 is 0. The second kappa shape index (κ2) is 44.7. The summed E-state index contributed by atoms with van der Waals surface area (Å²) in [4.78, 5) is 38.4. The number of benzene rings is 17. The fraction of sp³-hybridized carbons (Fsp3) is 0.140. The molecule has 2 atom stereocenters. The first-order valence-corrected chi connectivity index (χ1v) is 53.0. The Bertz CT molecular complexity index is 6610. The van der Waals surface area contributed by atoms with Gasteiger partial charge in [-0.1, -0.05) is 358 Å². The summed E-state index contributed by atoms with van der Waals surface area (Å²) in [6, 6.07) is 161. The molecule has 17 aromatic rings. The molecule has 0 aromatic heterocycles. The zero-order chi connectivity index (χ0) is 99.9. The van der Waals surface area contributed by atoms with Crippen molar-refractivity contribution in [3.05, 3.63) is 556 Å². The van der Waals surface area contributed by atoms with Crippen molar-refractivity contribution < 1.29 is 75.2 Å². The van der Waals surface area contributed by atoms with Crippen molar-refractivity contribution in [2.45, 2.75) is 122 Å². The molecule has 9 aliphatic rings. The second-order valence-electron chi connectivity index (χ2n) is 34.8. The van der Waals surface area contributed by atoms with Crippen LogP contribution in [-0.2, 0) is 83.2 Å². The summed E-state index contributed by atoms with van der Waals surface area (Å²) in [5, 5.41) is -5.07. The molecule has 0 spiro atoms. The predicted molar refractivity (Wildman–Crippen MR) is 548 cm³/mol. The lowest BCUT2D eigenvalue weighted by Crippen LogP contribution is -2.48. The minimum absolute atomic E-state index is 0.0104. The van der Waals surface area contributed by atoms with Gasteiger partial charge in [-0.2, -0.15) is 8.78 Å². The Morgan fingerprint density at radius 2 is 0.566 bits per heavy atom. The number of ether oxygens (including phenoxy) is 2. The molecule has 22 heteroatoms. The summed E-state index contributed by atoms with van der Waals surface area (Å²) < 4.78 is 159. The van der Waals surface area contributed by atoms with E-state index in [9.17, 15) is 52.8 Å². The summed E-state index contributed by atoms with van der Waals surface area (Å²) in [6.07, 6.45) is -4.08. The van der Waals surface area contributed by atoms with Crippen LogP contribution < -0.4 is 0 Å². The maximum Gasteiger partial charge on any atom is 0.364 e. The van der Waals surface area contributed by atoms with E-state index < -0.39 is 86.4 Å². The van der Waals surface area contributed by atoms with Crippen LogP contribution in [0.3, 0.4) is 0 Å². The maximum absolute atomic E-state index is 14.4. The Balaban J connectivity index is 0.000000118. The van der Waals surface area contributed by atoms with E-state index in [2.05, 4.69) is 309 Å². The number of alkyl halides is 6. The number of hydrogen-bond donors (Lipinski definition) is 0. The minimum atomic E-state index is -6.15. The largest absolute Gasteiger partial charge is 0.743 e. The lowest BCUT2D eigenvalue weighted by molar-refractivity contribution is -0.151. The maximum atomic E-state index is 14.4. The summed E-state index contributed by atoms with van der Waals surface area (Å²) in [5.74, 6) is -4.43. The van der Waals surface area contributed by atoms with Crippen LogP contribution in [0.25, 0.3) is 0 Å². The van der Waals surface area contributed by atoms with Crippen LogP contribution in [-0.4, -0.2) is 75.1 Å². The number of halogens is 7. The van der Waals surface area contributed by atoms with Gasteiger partial charge < -0.3 is 18.6 Å². The fourth-order valence-corrected chi connectivity index (χ4v) is 27.4. The van der Waals surface area contributed by atoms with E-state index in [-0.39, 0.29) is 69.4 Å². The molecule has 0 heterocycles. The molecule has 0 radical (unpaired) electrons. The van der Waals surface area contributed by atoms with Gasteiger partial charge in [-0.15, -0.1) is 3.89 Å². The highest BCUT2D eigenvalue weighted by atomic mass is 32.3. The molecule has 0 amide bonds. The number of hydrogen-bond acceptors (Lipinski definition) is 10. The molecule has 720 valence electrons. The van der Waals surface area contributed by atoms with Crippen molar-refractivity contribution >= 4 is 65.2 Å². The van der Waals surface area contributed by atoms with Crippen molar-refractivity contribution in [1.29, 1.82) is 0 Å². The van der Waals surface area contributed by atoms with Crippen LogP contribution >= 0.6 is 0 Å². The van der Waals surface area contributed by atoms with Crippen LogP contribution in [0.1, 0.15) is 139 Å². The molecule has 2 unspecified atom stereocenters. The summed E-state index contributed by atoms with van der Waals surface area (Å²) in [7, 11) is -11.6. The Morgan fingerprint density at radius 3 is 0.811 bits per heavy atom. The third-order valence-electron chi connectivity index (χ3n) is 26.1. The van der Waals surface area contributed by atoms with Gasteiger partial charge in [0.1, 0.15) is 18.7 Å². The quantitative estimate of drug-likeness (QED) is 0.0235. The zero-order valence-corrected chi connectivity index (χ0v) is 81.5. The summed E-state index contributed by atoms with van der Waals surface area (Å²) in [5.41, 5.74) is 15.3. The number of esters is 2. The van der Waals surface area contributed by atoms with Gasteiger partial charge >= 0.3 is 17.2 Å². The number of carbonyl (C=O) groups excluding carboxylic acids is 2. The average Bonchev–Trinajstić information content (AvgIpc) is 0.675. The number of carbonyl (C=O) groups is 2. The highest BCUT2D eigenvalue weighted by Gasteiger charge is 2.59. The monoisotopic (exact) mass is 2000 g/mol.